The van der Waals surface area contributed by atoms with Crippen LogP contribution in [0.5, 0.6) is 0 Å². The normalized spacial score (nSPS) is 23.5. The predicted octanol–water partition coefficient (Wildman–Crippen LogP) is 0.0891. The molecule has 2 aliphatic rings. The number of nitrogens with one attached hydrogen (secondary N) is 2. The maximum Gasteiger partial charge on any atom is 0.283 e. The van der Waals surface area contributed by atoms with Crippen molar-refractivity contribution in [1.82, 2.24) is 15.6 Å². The van der Waals surface area contributed by atoms with E-state index in [4.69, 9.17) is 17.4 Å². The average molecular weight is 227 g/mol. The minimum Gasteiger partial charge on any atom is -0.363 e. The molecule has 0 spiro atoms. The van der Waals surface area contributed by atoms with Crippen LogP contribution in [0.1, 0.15) is 6.92 Å². The minimum absolute atomic E-state index is 0.0557. The maximum atomic E-state index is 11.5. The molecule has 15 heavy (non-hydrogen) atoms. The Bertz CT molecular complexity index is 399. The summed E-state index contributed by atoms with van der Waals surface area (Å²) >= 11 is 5.86. The van der Waals surface area contributed by atoms with Crippen LogP contribution >= 0.6 is 11.6 Å². The Balaban J connectivity index is 2.35. The van der Waals surface area contributed by atoms with Crippen molar-refractivity contribution in [3.05, 3.63) is 34.8 Å². The van der Waals surface area contributed by atoms with E-state index >= 15 is 0 Å². The second-order valence-electron chi connectivity index (χ2n) is 3.32. The molecule has 1 amide bonds. The molecular weight excluding hydrogens is 216 g/mol. The summed E-state index contributed by atoms with van der Waals surface area (Å²) < 4.78 is 0. The molecule has 2 heterocycles. The fourth-order valence-electron chi connectivity index (χ4n) is 1.69. The lowest BCUT2D eigenvalue weighted by Gasteiger charge is -2.25. The third kappa shape index (κ3) is 1.60. The van der Waals surface area contributed by atoms with E-state index in [-0.39, 0.29) is 12.1 Å². The second kappa shape index (κ2) is 3.60. The Kier molecular flexibility index (Phi) is 2.42. The molecule has 0 aromatic carbocycles. The Morgan fingerprint density at radius 2 is 2.47 bits per heavy atom. The quantitative estimate of drug-likeness (QED) is 0.337. The molecule has 0 radical (unpaired) electrons. The summed E-state index contributed by atoms with van der Waals surface area (Å²) in [4.78, 5) is 13.3. The number of carbonyl (C=O) groups is 1. The number of carbonyl (C=O) groups excluding carboxylic acids is 1. The van der Waals surface area contributed by atoms with Crippen LogP contribution in [0.3, 0.4) is 0 Å². The summed E-state index contributed by atoms with van der Waals surface area (Å²) in [6.07, 6.45) is 5.30. The standard InChI is InChI=1S/C9H11ClN4O/c1-5-8(9(15)13-11)14-4-6(10)2-3-7(14)12-5/h2-4,7,12H,11H2,1H3,(H,13,15). The van der Waals surface area contributed by atoms with Crippen LogP contribution in [0, 0.1) is 0 Å². The molecule has 0 aromatic heterocycles. The molecule has 6 heteroatoms. The van der Waals surface area contributed by atoms with Crippen LogP contribution in [-0.4, -0.2) is 17.0 Å². The molecule has 0 saturated heterocycles. The molecule has 80 valence electrons. The fourth-order valence-corrected chi connectivity index (χ4v) is 1.87. The van der Waals surface area contributed by atoms with Crippen molar-refractivity contribution in [3.63, 3.8) is 0 Å². The van der Waals surface area contributed by atoms with Gasteiger partial charge in [-0.15, -0.1) is 0 Å². The number of nitrogens with zero attached hydrogens (tertiary/aromatic N) is 1. The van der Waals surface area contributed by atoms with Gasteiger partial charge >= 0.3 is 0 Å². The van der Waals surface area contributed by atoms with Crippen LogP contribution in [-0.2, 0) is 4.79 Å². The zero-order chi connectivity index (χ0) is 11.0. The van der Waals surface area contributed by atoms with E-state index in [9.17, 15) is 4.79 Å². The van der Waals surface area contributed by atoms with Crippen molar-refractivity contribution in [2.45, 2.75) is 13.1 Å². The summed E-state index contributed by atoms with van der Waals surface area (Å²) in [7, 11) is 0. The average Bonchev–Trinajstić information content (AvgIpc) is 2.52. The number of nitrogens with two attached hydrogens (primary N) is 1. The summed E-state index contributed by atoms with van der Waals surface area (Å²) in [5.41, 5.74) is 3.37. The first kappa shape index (κ1) is 10.1. The predicted molar refractivity (Wildman–Crippen MR) is 56.9 cm³/mol. The SMILES string of the molecule is CC1=C(C(=O)NN)N2C=C(Cl)C=CC2N1. The lowest BCUT2D eigenvalue weighted by molar-refractivity contribution is -0.118. The first-order valence-electron chi connectivity index (χ1n) is 4.45. The molecule has 2 aliphatic heterocycles. The van der Waals surface area contributed by atoms with Gasteiger partial charge in [0.05, 0.1) is 5.03 Å². The Labute approximate surface area is 92.2 Å². The van der Waals surface area contributed by atoms with Crippen LogP contribution in [0.25, 0.3) is 0 Å². The molecule has 4 N–H and O–H groups in total. The van der Waals surface area contributed by atoms with E-state index in [2.05, 4.69) is 10.7 Å². The Morgan fingerprint density at radius 3 is 3.13 bits per heavy atom. The van der Waals surface area contributed by atoms with Crippen LogP contribution in [0.2, 0.25) is 0 Å². The van der Waals surface area contributed by atoms with Gasteiger partial charge in [0.25, 0.3) is 5.91 Å². The number of amides is 1. The fraction of sp³-hybridized carbons (Fsp3) is 0.222. The van der Waals surface area contributed by atoms with E-state index in [0.29, 0.717) is 10.7 Å². The largest absolute Gasteiger partial charge is 0.363 e. The van der Waals surface area contributed by atoms with Crippen LogP contribution in [0.15, 0.2) is 34.8 Å². The molecular formula is C9H11ClN4O. The van der Waals surface area contributed by atoms with Gasteiger partial charge < -0.3 is 10.2 Å². The smallest absolute Gasteiger partial charge is 0.283 e. The van der Waals surface area contributed by atoms with Gasteiger partial charge in [-0.05, 0) is 19.1 Å². The molecule has 0 saturated carbocycles. The molecule has 5 nitrogen and oxygen atoms in total. The molecule has 0 aliphatic carbocycles. The third-order valence-corrected chi connectivity index (χ3v) is 2.55. The van der Waals surface area contributed by atoms with Crippen LogP contribution < -0.4 is 16.6 Å². The van der Waals surface area contributed by atoms with Gasteiger partial charge in [0.15, 0.2) is 0 Å². The highest BCUT2D eigenvalue weighted by Crippen LogP contribution is 2.26. The molecule has 2 rings (SSSR count). The van der Waals surface area contributed by atoms with Crippen LogP contribution in [0.4, 0.5) is 0 Å². The van der Waals surface area contributed by atoms with E-state index in [1.54, 1.807) is 17.2 Å². The topological polar surface area (TPSA) is 70.4 Å². The number of fused-ring (bicyclic) bond motifs is 1. The van der Waals surface area contributed by atoms with Crippen molar-refractivity contribution in [2.24, 2.45) is 5.84 Å². The lowest BCUT2D eigenvalue weighted by Crippen LogP contribution is -2.39. The zero-order valence-electron chi connectivity index (χ0n) is 8.12. The minimum atomic E-state index is -0.335. The first-order chi connectivity index (χ1) is 7.13. The summed E-state index contributed by atoms with van der Waals surface area (Å²) in [5, 5.41) is 3.71. The number of hydrogen-bond donors (Lipinski definition) is 3. The first-order valence-corrected chi connectivity index (χ1v) is 4.83. The molecule has 0 fully saturated rings. The molecule has 0 aromatic rings. The van der Waals surface area contributed by atoms with Gasteiger partial charge in [-0.25, -0.2) is 5.84 Å². The van der Waals surface area contributed by atoms with Gasteiger partial charge in [-0.3, -0.25) is 10.2 Å². The van der Waals surface area contributed by atoms with Crippen molar-refractivity contribution < 1.29 is 4.79 Å². The molecule has 0 bridgehead atoms. The molecule has 1 unspecified atom stereocenters. The van der Waals surface area contributed by atoms with Gasteiger partial charge in [0.1, 0.15) is 11.9 Å². The Morgan fingerprint density at radius 1 is 1.73 bits per heavy atom. The number of hydrogen-bond acceptors (Lipinski definition) is 4. The van der Waals surface area contributed by atoms with Gasteiger partial charge in [-0.2, -0.15) is 0 Å². The number of halogens is 1. The number of hydrazine groups is 1. The summed E-state index contributed by atoms with van der Waals surface area (Å²) in [5.74, 6) is 4.78. The summed E-state index contributed by atoms with van der Waals surface area (Å²) in [6, 6.07) is 0. The van der Waals surface area contributed by atoms with Crippen molar-refractivity contribution in [2.75, 3.05) is 0 Å². The van der Waals surface area contributed by atoms with E-state index in [1.165, 1.54) is 0 Å². The highest BCUT2D eigenvalue weighted by molar-refractivity contribution is 6.31. The van der Waals surface area contributed by atoms with E-state index < -0.39 is 0 Å². The monoisotopic (exact) mass is 226 g/mol. The number of allylic oxidation sites excluding steroid dienone is 3. The highest BCUT2D eigenvalue weighted by atomic mass is 35.5. The van der Waals surface area contributed by atoms with Crippen molar-refractivity contribution in [1.29, 1.82) is 0 Å². The lowest BCUT2D eigenvalue weighted by atomic mass is 10.3. The second-order valence-corrected chi connectivity index (χ2v) is 3.75. The van der Waals surface area contributed by atoms with E-state index in [0.717, 1.165) is 5.70 Å². The summed E-state index contributed by atoms with van der Waals surface area (Å²) in [6.45, 7) is 1.82. The number of rotatable bonds is 1. The third-order valence-electron chi connectivity index (χ3n) is 2.32. The van der Waals surface area contributed by atoms with Gasteiger partial charge in [0, 0.05) is 11.9 Å². The van der Waals surface area contributed by atoms with Gasteiger partial charge in [-0.1, -0.05) is 11.6 Å². The van der Waals surface area contributed by atoms with Gasteiger partial charge in [0.2, 0.25) is 0 Å². The maximum absolute atomic E-state index is 11.5. The van der Waals surface area contributed by atoms with Crippen molar-refractivity contribution in [3.8, 4) is 0 Å². The molecule has 1 atom stereocenters. The van der Waals surface area contributed by atoms with E-state index in [1.807, 2.05) is 13.0 Å². The zero-order valence-corrected chi connectivity index (χ0v) is 8.88. The van der Waals surface area contributed by atoms with Crippen molar-refractivity contribution >= 4 is 17.5 Å². The highest BCUT2D eigenvalue weighted by Gasteiger charge is 2.32. The Hall–Kier alpha value is -1.46.